The molecule has 3 rings (SSSR count). The topological polar surface area (TPSA) is 77.0 Å². The summed E-state index contributed by atoms with van der Waals surface area (Å²) in [6.45, 7) is 2.62. The Balaban J connectivity index is 1.50. The Morgan fingerprint density at radius 1 is 1.23 bits per heavy atom. The lowest BCUT2D eigenvalue weighted by Gasteiger charge is -2.05. The largest absolute Gasteiger partial charge is 0.493 e. The van der Waals surface area contributed by atoms with Gasteiger partial charge in [0.25, 0.3) is 5.91 Å². The quantitative estimate of drug-likeness (QED) is 0.606. The van der Waals surface area contributed by atoms with Crippen molar-refractivity contribution in [3.8, 4) is 5.75 Å². The molecular weight excluding hydrogens is 416 g/mol. The molecule has 0 unspecified atom stereocenters. The van der Waals surface area contributed by atoms with Crippen LogP contribution in [0.5, 0.6) is 5.75 Å². The Bertz CT molecular complexity index is 883. The molecule has 0 aliphatic carbocycles. The zero-order chi connectivity index (χ0) is 18.4. The number of ether oxygens (including phenoxy) is 1. The molecule has 1 aromatic carbocycles. The fraction of sp³-hybridized carbons (Fsp3) is 0.222. The molecule has 0 radical (unpaired) electrons. The molecule has 8 heteroatoms. The van der Waals surface area contributed by atoms with E-state index in [4.69, 9.17) is 4.74 Å². The molecule has 6 nitrogen and oxygen atoms in total. The second kappa shape index (κ2) is 8.86. The van der Waals surface area contributed by atoms with Crippen molar-refractivity contribution in [1.29, 1.82) is 0 Å². The lowest BCUT2D eigenvalue weighted by molar-refractivity contribution is 0.102. The van der Waals surface area contributed by atoms with Crippen molar-refractivity contribution in [2.75, 3.05) is 11.9 Å². The first-order valence-corrected chi connectivity index (χ1v) is 9.71. The number of nitrogens with zero attached hydrogens (tertiary/aromatic N) is 3. The number of anilines is 1. The number of nitrogens with one attached hydrogen (secondary N) is 1. The van der Waals surface area contributed by atoms with Crippen LogP contribution in [0.3, 0.4) is 0 Å². The minimum atomic E-state index is -0.270. The van der Waals surface area contributed by atoms with E-state index in [9.17, 15) is 4.79 Å². The van der Waals surface area contributed by atoms with Gasteiger partial charge in [-0.1, -0.05) is 30.4 Å². The lowest BCUT2D eigenvalue weighted by Crippen LogP contribution is -2.11. The monoisotopic (exact) mass is 432 g/mol. The van der Waals surface area contributed by atoms with Gasteiger partial charge >= 0.3 is 0 Å². The van der Waals surface area contributed by atoms with Crippen LogP contribution in [-0.4, -0.2) is 27.7 Å². The lowest BCUT2D eigenvalue weighted by atomic mass is 10.2. The second-order valence-corrected chi connectivity index (χ2v) is 7.42. The molecule has 0 aliphatic rings. The number of benzene rings is 1. The number of amides is 1. The standard InChI is InChI=1S/C18H17BrN4O2S/c1-2-12-3-5-15(6-4-12)25-8-7-16-22-23-18(26-16)21-17(24)13-9-14(19)11-20-10-13/h3-6,9-11H,2,7-8H2,1H3,(H,21,23,24). The fourth-order valence-corrected chi connectivity index (χ4v) is 3.27. The molecule has 0 bridgehead atoms. The van der Waals surface area contributed by atoms with Crippen LogP contribution in [0.2, 0.25) is 0 Å². The van der Waals surface area contributed by atoms with E-state index in [0.29, 0.717) is 23.7 Å². The van der Waals surface area contributed by atoms with E-state index in [1.54, 1.807) is 12.3 Å². The van der Waals surface area contributed by atoms with Crippen LogP contribution in [0, 0.1) is 0 Å². The predicted molar refractivity (Wildman–Crippen MR) is 105 cm³/mol. The van der Waals surface area contributed by atoms with Gasteiger partial charge in [0.15, 0.2) is 0 Å². The molecule has 0 saturated heterocycles. The molecule has 3 aromatic rings. The Kier molecular flexibility index (Phi) is 6.30. The van der Waals surface area contributed by atoms with Gasteiger partial charge in [0.05, 0.1) is 12.2 Å². The van der Waals surface area contributed by atoms with E-state index >= 15 is 0 Å². The average molecular weight is 433 g/mol. The van der Waals surface area contributed by atoms with E-state index in [1.807, 2.05) is 12.1 Å². The number of aromatic nitrogens is 3. The molecule has 26 heavy (non-hydrogen) atoms. The molecular formula is C18H17BrN4O2S. The second-order valence-electron chi connectivity index (χ2n) is 5.44. The summed E-state index contributed by atoms with van der Waals surface area (Å²) in [5.74, 6) is 0.566. The van der Waals surface area contributed by atoms with Crippen LogP contribution < -0.4 is 10.1 Å². The summed E-state index contributed by atoms with van der Waals surface area (Å²) < 4.78 is 6.46. The van der Waals surface area contributed by atoms with Crippen molar-refractivity contribution < 1.29 is 9.53 Å². The molecule has 2 aromatic heterocycles. The van der Waals surface area contributed by atoms with Gasteiger partial charge in [-0.25, -0.2) is 0 Å². The Morgan fingerprint density at radius 3 is 2.77 bits per heavy atom. The SMILES string of the molecule is CCc1ccc(OCCc2nnc(NC(=O)c3cncc(Br)c3)s2)cc1. The van der Waals surface area contributed by atoms with E-state index in [2.05, 4.69) is 55.5 Å². The third-order valence-corrected chi connectivity index (χ3v) is 4.90. The van der Waals surface area contributed by atoms with Gasteiger partial charge < -0.3 is 4.74 Å². The zero-order valence-electron chi connectivity index (χ0n) is 14.1. The molecule has 134 valence electrons. The van der Waals surface area contributed by atoms with Gasteiger partial charge in [-0.2, -0.15) is 0 Å². The summed E-state index contributed by atoms with van der Waals surface area (Å²) in [6.07, 6.45) is 4.76. The van der Waals surface area contributed by atoms with Crippen molar-refractivity contribution in [2.45, 2.75) is 19.8 Å². The van der Waals surface area contributed by atoms with E-state index in [-0.39, 0.29) is 5.91 Å². The first-order valence-electron chi connectivity index (χ1n) is 8.10. The van der Waals surface area contributed by atoms with Crippen LogP contribution >= 0.6 is 27.3 Å². The minimum absolute atomic E-state index is 0.270. The van der Waals surface area contributed by atoms with Crippen molar-refractivity contribution in [2.24, 2.45) is 0 Å². The van der Waals surface area contributed by atoms with Crippen LogP contribution in [0.25, 0.3) is 0 Å². The molecule has 0 aliphatic heterocycles. The highest BCUT2D eigenvalue weighted by Crippen LogP contribution is 2.18. The molecule has 0 spiro atoms. The summed E-state index contributed by atoms with van der Waals surface area (Å²) in [6, 6.07) is 9.75. The first kappa shape index (κ1) is 18.5. The van der Waals surface area contributed by atoms with Gasteiger partial charge in [0.1, 0.15) is 10.8 Å². The number of aryl methyl sites for hydroxylation is 1. The van der Waals surface area contributed by atoms with Crippen molar-refractivity contribution in [3.05, 3.63) is 63.3 Å². The number of carbonyl (C=O) groups excluding carboxylic acids is 1. The third kappa shape index (κ3) is 5.09. The van der Waals surface area contributed by atoms with Gasteiger partial charge in [-0.15, -0.1) is 10.2 Å². The van der Waals surface area contributed by atoms with E-state index in [0.717, 1.165) is 21.7 Å². The van der Waals surface area contributed by atoms with Crippen molar-refractivity contribution in [3.63, 3.8) is 0 Å². The summed E-state index contributed by atoms with van der Waals surface area (Å²) in [5.41, 5.74) is 1.73. The van der Waals surface area contributed by atoms with Gasteiger partial charge in [0.2, 0.25) is 5.13 Å². The van der Waals surface area contributed by atoms with Crippen LogP contribution in [0.4, 0.5) is 5.13 Å². The predicted octanol–water partition coefficient (Wildman–Crippen LogP) is 4.13. The smallest absolute Gasteiger partial charge is 0.259 e. The number of rotatable bonds is 7. The molecule has 1 amide bonds. The molecule has 0 saturated carbocycles. The molecule has 0 fully saturated rings. The summed E-state index contributed by atoms with van der Waals surface area (Å²) >= 11 is 4.63. The highest BCUT2D eigenvalue weighted by Gasteiger charge is 2.11. The van der Waals surface area contributed by atoms with E-state index in [1.165, 1.54) is 23.1 Å². The normalized spacial score (nSPS) is 10.5. The number of carbonyl (C=O) groups is 1. The summed E-state index contributed by atoms with van der Waals surface area (Å²) in [7, 11) is 0. The van der Waals surface area contributed by atoms with Crippen LogP contribution in [-0.2, 0) is 12.8 Å². The van der Waals surface area contributed by atoms with Gasteiger partial charge in [0, 0.05) is 23.3 Å². The Labute approximate surface area is 163 Å². The Morgan fingerprint density at radius 2 is 2.04 bits per heavy atom. The summed E-state index contributed by atoms with van der Waals surface area (Å²) in [4.78, 5) is 16.1. The maximum Gasteiger partial charge on any atom is 0.259 e. The zero-order valence-corrected chi connectivity index (χ0v) is 16.5. The minimum Gasteiger partial charge on any atom is -0.493 e. The molecule has 0 atom stereocenters. The average Bonchev–Trinajstić information content (AvgIpc) is 3.09. The number of halogens is 1. The van der Waals surface area contributed by atoms with Crippen LogP contribution in [0.15, 0.2) is 47.2 Å². The van der Waals surface area contributed by atoms with Crippen molar-refractivity contribution in [1.82, 2.24) is 15.2 Å². The molecule has 2 heterocycles. The van der Waals surface area contributed by atoms with Crippen LogP contribution in [0.1, 0.15) is 27.9 Å². The first-order chi connectivity index (χ1) is 12.6. The summed E-state index contributed by atoms with van der Waals surface area (Å²) in [5, 5.41) is 12.1. The van der Waals surface area contributed by atoms with Gasteiger partial charge in [-0.3, -0.25) is 15.1 Å². The van der Waals surface area contributed by atoms with E-state index < -0.39 is 0 Å². The molecule has 1 N–H and O–H groups in total. The Hall–Kier alpha value is -2.32. The number of hydrogen-bond acceptors (Lipinski definition) is 6. The highest BCUT2D eigenvalue weighted by atomic mass is 79.9. The maximum atomic E-state index is 12.2. The number of hydrogen-bond donors (Lipinski definition) is 1. The maximum absolute atomic E-state index is 12.2. The number of pyridine rings is 1. The highest BCUT2D eigenvalue weighted by molar-refractivity contribution is 9.10. The van der Waals surface area contributed by atoms with Gasteiger partial charge in [-0.05, 0) is 46.1 Å². The van der Waals surface area contributed by atoms with Crippen molar-refractivity contribution >= 4 is 38.3 Å². The fourth-order valence-electron chi connectivity index (χ4n) is 2.19. The third-order valence-electron chi connectivity index (χ3n) is 3.57.